The number of nitrogens with one attached hydrogen (secondary N) is 1. The van der Waals surface area contributed by atoms with Crippen molar-refractivity contribution in [3.05, 3.63) is 41.9 Å². The molecule has 1 unspecified atom stereocenters. The molecule has 0 saturated heterocycles. The number of hydrogen-bond donors (Lipinski definition) is 2. The molecule has 1 aliphatic heterocycles. The summed E-state index contributed by atoms with van der Waals surface area (Å²) < 4.78 is 42.4. The van der Waals surface area contributed by atoms with Crippen LogP contribution in [-0.4, -0.2) is 18.5 Å². The fraction of sp³-hybridized carbons (Fsp3) is 0.267. The van der Waals surface area contributed by atoms with Gasteiger partial charge in [0, 0.05) is 22.9 Å². The van der Waals surface area contributed by atoms with Crippen LogP contribution in [0.15, 0.2) is 34.9 Å². The lowest BCUT2D eigenvalue weighted by atomic mass is 9.92. The van der Waals surface area contributed by atoms with Gasteiger partial charge in [0.15, 0.2) is 0 Å². The van der Waals surface area contributed by atoms with Crippen molar-refractivity contribution in [2.45, 2.75) is 25.0 Å². The lowest BCUT2D eigenvalue weighted by Gasteiger charge is -2.37. The monoisotopic (exact) mass is 334 g/mol. The zero-order valence-electron chi connectivity index (χ0n) is 12.4. The Kier molecular flexibility index (Phi) is 3.44. The number of nitriles is 1. The third kappa shape index (κ3) is 2.82. The normalized spacial score (nSPS) is 19.5. The molecule has 8 heteroatoms. The predicted molar refractivity (Wildman–Crippen MR) is 81.9 cm³/mol. The summed E-state index contributed by atoms with van der Waals surface area (Å²) in [5.74, 6) is 0.206. The van der Waals surface area contributed by atoms with Crippen molar-refractivity contribution in [1.29, 1.82) is 5.26 Å². The van der Waals surface area contributed by atoms with Crippen LogP contribution in [0.25, 0.3) is 11.1 Å². The summed E-state index contributed by atoms with van der Waals surface area (Å²) in [5, 5.41) is 11.5. The van der Waals surface area contributed by atoms with Gasteiger partial charge in [-0.3, -0.25) is 4.55 Å². The first-order valence-electron chi connectivity index (χ1n) is 6.75. The van der Waals surface area contributed by atoms with Gasteiger partial charge in [0.2, 0.25) is 5.76 Å². The van der Waals surface area contributed by atoms with E-state index in [1.807, 2.05) is 12.1 Å². The highest BCUT2D eigenvalue weighted by Crippen LogP contribution is 2.40. The molecular weight excluding hydrogens is 320 g/mol. The van der Waals surface area contributed by atoms with E-state index < -0.39 is 21.3 Å². The average molecular weight is 334 g/mol. The molecule has 1 atom stereocenters. The van der Waals surface area contributed by atoms with Gasteiger partial charge in [-0.1, -0.05) is 6.07 Å². The molecule has 7 nitrogen and oxygen atoms in total. The minimum atomic E-state index is -4.39. The minimum absolute atomic E-state index is 0.206. The molecule has 1 aromatic heterocycles. The number of hydrogen-bond acceptors (Lipinski definition) is 6. The highest BCUT2D eigenvalue weighted by Gasteiger charge is 2.39. The van der Waals surface area contributed by atoms with Gasteiger partial charge in [-0.2, -0.15) is 13.7 Å². The van der Waals surface area contributed by atoms with Crippen LogP contribution in [0, 0.1) is 11.3 Å². The summed E-state index contributed by atoms with van der Waals surface area (Å²) in [4.78, 5) is 0. The van der Waals surface area contributed by atoms with Crippen LogP contribution in [-0.2, 0) is 20.5 Å². The number of nitrogens with zero attached hydrogens (tertiary/aromatic N) is 1. The number of furan rings is 1. The van der Waals surface area contributed by atoms with E-state index in [1.54, 1.807) is 32.0 Å². The molecule has 0 bridgehead atoms. The van der Waals surface area contributed by atoms with E-state index in [2.05, 4.69) is 5.32 Å². The van der Waals surface area contributed by atoms with Crippen LogP contribution in [0.3, 0.4) is 0 Å². The SMILES string of the molecule is CC1(C)OC(S(=O)(=O)O)Nc2ccc(-c3coc(C#N)c3)cc21. The zero-order valence-corrected chi connectivity index (χ0v) is 13.2. The summed E-state index contributed by atoms with van der Waals surface area (Å²) in [6.07, 6.45) is 1.48. The molecule has 0 saturated carbocycles. The zero-order chi connectivity index (χ0) is 16.8. The molecule has 0 fully saturated rings. The average Bonchev–Trinajstić information content (AvgIpc) is 2.94. The van der Waals surface area contributed by atoms with Gasteiger partial charge in [0.05, 0.1) is 5.60 Å². The fourth-order valence-corrected chi connectivity index (χ4v) is 3.15. The lowest BCUT2D eigenvalue weighted by molar-refractivity contribution is -0.0406. The van der Waals surface area contributed by atoms with Crippen molar-refractivity contribution in [3.8, 4) is 17.2 Å². The van der Waals surface area contributed by atoms with Crippen molar-refractivity contribution in [3.63, 3.8) is 0 Å². The molecule has 2 aromatic rings. The first-order valence-corrected chi connectivity index (χ1v) is 8.25. The van der Waals surface area contributed by atoms with Crippen molar-refractivity contribution < 1.29 is 22.1 Å². The predicted octanol–water partition coefficient (Wildman–Crippen LogP) is 2.67. The highest BCUT2D eigenvalue weighted by molar-refractivity contribution is 7.86. The van der Waals surface area contributed by atoms with Crippen LogP contribution in [0.5, 0.6) is 0 Å². The van der Waals surface area contributed by atoms with Gasteiger partial charge in [0.1, 0.15) is 12.3 Å². The largest absolute Gasteiger partial charge is 0.453 e. The fourth-order valence-electron chi connectivity index (χ4n) is 2.52. The van der Waals surface area contributed by atoms with Crippen molar-refractivity contribution in [2.75, 3.05) is 5.32 Å². The number of fused-ring (bicyclic) bond motifs is 1. The Bertz CT molecular complexity index is 908. The second-order valence-electron chi connectivity index (χ2n) is 5.69. The standard InChI is InChI=1S/C15H14N2O5S/c1-15(2)12-6-9(10-5-11(7-16)21-8-10)3-4-13(12)17-14(22-15)23(18,19)20/h3-6,8,14,17H,1-2H3,(H,18,19,20). The third-order valence-corrected chi connectivity index (χ3v) is 4.41. The van der Waals surface area contributed by atoms with Crippen molar-refractivity contribution in [1.82, 2.24) is 0 Å². The lowest BCUT2D eigenvalue weighted by Crippen LogP contribution is -2.43. The van der Waals surface area contributed by atoms with Gasteiger partial charge in [0.25, 0.3) is 5.56 Å². The highest BCUT2D eigenvalue weighted by atomic mass is 32.2. The Hall–Kier alpha value is -2.34. The summed E-state index contributed by atoms with van der Waals surface area (Å²) in [5.41, 5.74) is 0.370. The maximum atomic E-state index is 11.3. The molecule has 1 aromatic carbocycles. The summed E-state index contributed by atoms with van der Waals surface area (Å²) in [7, 11) is -4.39. The Balaban J connectivity index is 2.05. The molecule has 2 heterocycles. The molecule has 3 rings (SSSR count). The summed E-state index contributed by atoms with van der Waals surface area (Å²) in [6.45, 7) is 3.43. The van der Waals surface area contributed by atoms with E-state index in [4.69, 9.17) is 14.4 Å². The topological polar surface area (TPSA) is 113 Å². The van der Waals surface area contributed by atoms with Crippen LogP contribution >= 0.6 is 0 Å². The van der Waals surface area contributed by atoms with E-state index in [9.17, 15) is 13.0 Å². The molecule has 0 amide bonds. The number of benzene rings is 1. The van der Waals surface area contributed by atoms with E-state index in [0.717, 1.165) is 16.7 Å². The van der Waals surface area contributed by atoms with Gasteiger partial charge in [-0.25, -0.2) is 0 Å². The second-order valence-corrected chi connectivity index (χ2v) is 7.15. The van der Waals surface area contributed by atoms with E-state index in [-0.39, 0.29) is 5.76 Å². The molecule has 0 aliphatic carbocycles. The smallest absolute Gasteiger partial charge is 0.312 e. The quantitative estimate of drug-likeness (QED) is 0.812. The Morgan fingerprint density at radius 1 is 1.30 bits per heavy atom. The van der Waals surface area contributed by atoms with E-state index >= 15 is 0 Å². The van der Waals surface area contributed by atoms with Crippen LogP contribution in [0.4, 0.5) is 5.69 Å². The first kappa shape index (κ1) is 15.6. The summed E-state index contributed by atoms with van der Waals surface area (Å²) >= 11 is 0. The molecule has 0 spiro atoms. The number of ether oxygens (including phenoxy) is 1. The van der Waals surface area contributed by atoms with Crippen LogP contribution in [0.1, 0.15) is 25.2 Å². The van der Waals surface area contributed by atoms with Gasteiger partial charge in [-0.05, 0) is 31.5 Å². The minimum Gasteiger partial charge on any atom is -0.453 e. The van der Waals surface area contributed by atoms with Crippen LogP contribution < -0.4 is 5.32 Å². The molecular formula is C15H14N2O5S. The number of rotatable bonds is 2. The van der Waals surface area contributed by atoms with Crippen LogP contribution in [0.2, 0.25) is 0 Å². The van der Waals surface area contributed by atoms with Crippen molar-refractivity contribution in [2.24, 2.45) is 0 Å². The molecule has 0 radical (unpaired) electrons. The maximum Gasteiger partial charge on any atom is 0.312 e. The Morgan fingerprint density at radius 2 is 2.04 bits per heavy atom. The van der Waals surface area contributed by atoms with E-state index in [0.29, 0.717) is 5.69 Å². The Labute approximate surface area is 133 Å². The number of anilines is 1. The van der Waals surface area contributed by atoms with Gasteiger partial charge in [-0.15, -0.1) is 0 Å². The van der Waals surface area contributed by atoms with Gasteiger partial charge < -0.3 is 14.5 Å². The molecule has 2 N–H and O–H groups in total. The Morgan fingerprint density at radius 3 is 2.65 bits per heavy atom. The molecule has 23 heavy (non-hydrogen) atoms. The first-order chi connectivity index (χ1) is 10.7. The summed E-state index contributed by atoms with van der Waals surface area (Å²) in [6, 6.07) is 8.83. The van der Waals surface area contributed by atoms with Crippen molar-refractivity contribution >= 4 is 15.8 Å². The van der Waals surface area contributed by atoms with E-state index in [1.165, 1.54) is 6.26 Å². The maximum absolute atomic E-state index is 11.3. The van der Waals surface area contributed by atoms with Gasteiger partial charge >= 0.3 is 10.1 Å². The molecule has 120 valence electrons. The second kappa shape index (κ2) is 5.09. The third-order valence-electron chi connectivity index (χ3n) is 3.66. The molecule has 1 aliphatic rings.